The third-order valence-corrected chi connectivity index (χ3v) is 6.24. The van der Waals surface area contributed by atoms with E-state index in [2.05, 4.69) is 17.0 Å². The molecule has 0 aromatic heterocycles. The number of hydrogen-bond donors (Lipinski definition) is 1. The van der Waals surface area contributed by atoms with Gasteiger partial charge in [-0.05, 0) is 74.9 Å². The van der Waals surface area contributed by atoms with E-state index in [9.17, 15) is 9.50 Å². The van der Waals surface area contributed by atoms with Crippen molar-refractivity contribution < 1.29 is 19.0 Å². The van der Waals surface area contributed by atoms with E-state index in [-0.39, 0.29) is 11.9 Å². The Morgan fingerprint density at radius 2 is 1.83 bits per heavy atom. The summed E-state index contributed by atoms with van der Waals surface area (Å²) in [6, 6.07) is 13.1. The molecule has 0 radical (unpaired) electrons. The van der Waals surface area contributed by atoms with E-state index in [0.29, 0.717) is 30.5 Å². The van der Waals surface area contributed by atoms with Crippen molar-refractivity contribution in [3.63, 3.8) is 0 Å². The van der Waals surface area contributed by atoms with Crippen molar-refractivity contribution in [3.8, 4) is 11.5 Å². The minimum Gasteiger partial charge on any atom is -0.493 e. The Kier molecular flexibility index (Phi) is 5.54. The van der Waals surface area contributed by atoms with Crippen LogP contribution in [0.4, 0.5) is 4.39 Å². The Morgan fingerprint density at radius 1 is 1.10 bits per heavy atom. The smallest absolute Gasteiger partial charge is 0.161 e. The first-order chi connectivity index (χ1) is 13.9. The van der Waals surface area contributed by atoms with E-state index in [1.807, 2.05) is 26.0 Å². The molecule has 2 saturated heterocycles. The molecule has 2 heterocycles. The van der Waals surface area contributed by atoms with Gasteiger partial charge in [-0.15, -0.1) is 0 Å². The van der Waals surface area contributed by atoms with E-state index in [1.54, 1.807) is 13.2 Å². The molecule has 4 nitrogen and oxygen atoms in total. The normalized spacial score (nSPS) is 26.7. The molecule has 2 aromatic rings. The molecule has 4 rings (SSSR count). The van der Waals surface area contributed by atoms with Crippen LogP contribution in [0.25, 0.3) is 0 Å². The number of halogens is 1. The van der Waals surface area contributed by atoms with Gasteiger partial charge in [0.1, 0.15) is 5.82 Å². The summed E-state index contributed by atoms with van der Waals surface area (Å²) in [5.41, 5.74) is 0.927. The molecule has 29 heavy (non-hydrogen) atoms. The van der Waals surface area contributed by atoms with Gasteiger partial charge in [0, 0.05) is 18.6 Å². The van der Waals surface area contributed by atoms with Crippen molar-refractivity contribution in [2.24, 2.45) is 0 Å². The number of fused-ring (bicyclic) bond motifs is 2. The number of hydrogen-bond acceptors (Lipinski definition) is 4. The molecule has 0 aliphatic carbocycles. The lowest BCUT2D eigenvalue weighted by Gasteiger charge is -2.44. The summed E-state index contributed by atoms with van der Waals surface area (Å²) in [5, 5.41) is 11.3. The highest BCUT2D eigenvalue weighted by Crippen LogP contribution is 2.46. The van der Waals surface area contributed by atoms with E-state index >= 15 is 0 Å². The van der Waals surface area contributed by atoms with Gasteiger partial charge < -0.3 is 14.6 Å². The number of rotatable bonds is 6. The van der Waals surface area contributed by atoms with Crippen LogP contribution in [-0.4, -0.2) is 35.3 Å². The SMILES string of the molecule is COc1ccc(CN2[C@@H]3CC[C@@H]2CC(O)(c2cccc(F)c2)C3)cc1OC(C)C. The summed E-state index contributed by atoms with van der Waals surface area (Å²) in [6.07, 6.45) is 3.48. The van der Waals surface area contributed by atoms with Gasteiger partial charge in [0.15, 0.2) is 11.5 Å². The van der Waals surface area contributed by atoms with Gasteiger partial charge in [0.25, 0.3) is 0 Å². The fourth-order valence-electron chi connectivity index (χ4n) is 4.96. The highest BCUT2D eigenvalue weighted by atomic mass is 19.1. The zero-order chi connectivity index (χ0) is 20.6. The maximum Gasteiger partial charge on any atom is 0.161 e. The molecule has 2 atom stereocenters. The zero-order valence-electron chi connectivity index (χ0n) is 17.4. The number of benzene rings is 2. The minimum atomic E-state index is -0.948. The fraction of sp³-hybridized carbons (Fsp3) is 0.500. The van der Waals surface area contributed by atoms with E-state index < -0.39 is 5.60 Å². The maximum atomic E-state index is 13.7. The molecule has 2 aliphatic rings. The van der Waals surface area contributed by atoms with Gasteiger partial charge in [-0.2, -0.15) is 0 Å². The Balaban J connectivity index is 1.52. The molecule has 0 unspecified atom stereocenters. The molecule has 1 N–H and O–H groups in total. The summed E-state index contributed by atoms with van der Waals surface area (Å²) in [6.45, 7) is 4.82. The summed E-state index contributed by atoms with van der Waals surface area (Å²) in [5.74, 6) is 1.21. The lowest BCUT2D eigenvalue weighted by atomic mass is 9.80. The van der Waals surface area contributed by atoms with Crippen LogP contribution < -0.4 is 9.47 Å². The molecule has 2 bridgehead atoms. The molecule has 0 amide bonds. The second-order valence-corrected chi connectivity index (χ2v) is 8.66. The Bertz CT molecular complexity index is 855. The second kappa shape index (κ2) is 7.96. The van der Waals surface area contributed by atoms with Crippen LogP contribution in [0, 0.1) is 5.82 Å². The number of ether oxygens (including phenoxy) is 2. The number of nitrogens with zero attached hydrogens (tertiary/aromatic N) is 1. The first-order valence-electron chi connectivity index (χ1n) is 10.5. The summed E-state index contributed by atoms with van der Waals surface area (Å²) in [7, 11) is 1.65. The average molecular weight is 400 g/mol. The molecular weight excluding hydrogens is 369 g/mol. The molecule has 2 aliphatic heterocycles. The quantitative estimate of drug-likeness (QED) is 0.769. The van der Waals surface area contributed by atoms with Crippen molar-refractivity contribution in [1.82, 2.24) is 4.90 Å². The molecule has 0 saturated carbocycles. The fourth-order valence-corrected chi connectivity index (χ4v) is 4.96. The van der Waals surface area contributed by atoms with Gasteiger partial charge in [-0.25, -0.2) is 4.39 Å². The monoisotopic (exact) mass is 399 g/mol. The first kappa shape index (κ1) is 20.2. The number of piperidine rings is 1. The Labute approximate surface area is 172 Å². The third-order valence-electron chi connectivity index (χ3n) is 6.24. The van der Waals surface area contributed by atoms with Crippen molar-refractivity contribution >= 4 is 0 Å². The highest BCUT2D eigenvalue weighted by molar-refractivity contribution is 5.43. The minimum absolute atomic E-state index is 0.0755. The molecule has 0 spiro atoms. The second-order valence-electron chi connectivity index (χ2n) is 8.66. The predicted molar refractivity (Wildman–Crippen MR) is 111 cm³/mol. The van der Waals surface area contributed by atoms with Crippen LogP contribution >= 0.6 is 0 Å². The van der Waals surface area contributed by atoms with Crippen LogP contribution in [0.3, 0.4) is 0 Å². The Morgan fingerprint density at radius 3 is 2.45 bits per heavy atom. The molecule has 5 heteroatoms. The van der Waals surface area contributed by atoms with Gasteiger partial charge in [0.05, 0.1) is 18.8 Å². The van der Waals surface area contributed by atoms with Crippen LogP contribution in [0.1, 0.15) is 50.7 Å². The number of aliphatic hydroxyl groups is 1. The summed E-state index contributed by atoms with van der Waals surface area (Å²) in [4.78, 5) is 2.49. The van der Waals surface area contributed by atoms with Gasteiger partial charge in [-0.3, -0.25) is 4.90 Å². The largest absolute Gasteiger partial charge is 0.493 e. The van der Waals surface area contributed by atoms with Crippen LogP contribution in [0.15, 0.2) is 42.5 Å². The first-order valence-corrected chi connectivity index (χ1v) is 10.5. The standard InChI is InChI=1S/C24H30FNO3/c1-16(2)29-23-11-17(7-10-22(23)28-3)15-26-20-8-9-21(26)14-24(27,13-20)18-5-4-6-19(25)12-18/h4-7,10-12,16,20-21,27H,8-9,13-15H2,1-3H3/t20-,21-/m1/s1. The van der Waals surface area contributed by atoms with E-state index in [4.69, 9.17) is 9.47 Å². The van der Waals surface area contributed by atoms with Gasteiger partial charge >= 0.3 is 0 Å². The Hall–Kier alpha value is -2.11. The summed E-state index contributed by atoms with van der Waals surface area (Å²) < 4.78 is 25.1. The van der Waals surface area contributed by atoms with E-state index in [0.717, 1.165) is 30.9 Å². The summed E-state index contributed by atoms with van der Waals surface area (Å²) >= 11 is 0. The topological polar surface area (TPSA) is 41.9 Å². The third kappa shape index (κ3) is 4.12. The lowest BCUT2D eigenvalue weighted by molar-refractivity contribution is -0.0597. The highest BCUT2D eigenvalue weighted by Gasteiger charge is 2.48. The average Bonchev–Trinajstić information content (AvgIpc) is 2.92. The molecular formula is C24H30FNO3. The van der Waals surface area contributed by atoms with Gasteiger partial charge in [0.2, 0.25) is 0 Å². The van der Waals surface area contributed by atoms with Crippen molar-refractivity contribution in [3.05, 3.63) is 59.4 Å². The van der Waals surface area contributed by atoms with Crippen LogP contribution in [0.2, 0.25) is 0 Å². The van der Waals surface area contributed by atoms with Crippen molar-refractivity contribution in [2.75, 3.05) is 7.11 Å². The van der Waals surface area contributed by atoms with Crippen LogP contribution in [0.5, 0.6) is 11.5 Å². The molecule has 2 fully saturated rings. The maximum absolute atomic E-state index is 13.7. The number of methoxy groups -OCH3 is 1. The van der Waals surface area contributed by atoms with Crippen molar-refractivity contribution in [2.45, 2.75) is 69.9 Å². The van der Waals surface area contributed by atoms with Crippen molar-refractivity contribution in [1.29, 1.82) is 0 Å². The van der Waals surface area contributed by atoms with E-state index in [1.165, 1.54) is 17.7 Å². The lowest BCUT2D eigenvalue weighted by Crippen LogP contribution is -2.49. The molecule has 2 aromatic carbocycles. The molecule has 156 valence electrons. The van der Waals surface area contributed by atoms with Crippen LogP contribution in [-0.2, 0) is 12.1 Å². The zero-order valence-corrected chi connectivity index (χ0v) is 17.4. The predicted octanol–water partition coefficient (Wildman–Crippen LogP) is 4.64. The van der Waals surface area contributed by atoms with Gasteiger partial charge in [-0.1, -0.05) is 18.2 Å².